The highest BCUT2D eigenvalue weighted by Gasteiger charge is 2.25. The molecule has 0 aliphatic carbocycles. The molecule has 0 bridgehead atoms. The molecular weight excluding hydrogens is 438 g/mol. The van der Waals surface area contributed by atoms with Crippen LogP contribution in [0.15, 0.2) is 30.3 Å². The molecule has 0 aliphatic heterocycles. The van der Waals surface area contributed by atoms with Crippen LogP contribution in [0.3, 0.4) is 0 Å². The van der Waals surface area contributed by atoms with Gasteiger partial charge in [-0.15, -0.1) is 0 Å². The summed E-state index contributed by atoms with van der Waals surface area (Å²) in [6.07, 6.45) is 0. The fraction of sp³-hybridized carbons (Fsp3) is 0.471. The van der Waals surface area contributed by atoms with Crippen molar-refractivity contribution in [3.63, 3.8) is 0 Å². The van der Waals surface area contributed by atoms with Gasteiger partial charge >= 0.3 is 0 Å². The smallest absolute Gasteiger partial charge is 0.0525 e. The zero-order chi connectivity index (χ0) is 28.3. The van der Waals surface area contributed by atoms with Crippen LogP contribution < -0.4 is 4.90 Å². The first-order chi connectivity index (χ1) is 17.0. The van der Waals surface area contributed by atoms with Crippen molar-refractivity contribution in [3.8, 4) is 0 Å². The van der Waals surface area contributed by atoms with E-state index in [0.29, 0.717) is 0 Å². The molecule has 2 heteroatoms. The summed E-state index contributed by atoms with van der Waals surface area (Å²) in [5.41, 5.74) is 17.7. The van der Waals surface area contributed by atoms with Gasteiger partial charge in [0, 0.05) is 12.3 Å². The molecule has 36 heavy (non-hydrogen) atoms. The fourth-order valence-corrected chi connectivity index (χ4v) is 4.58. The summed E-state index contributed by atoms with van der Waals surface area (Å²) in [6.45, 7) is 32.6. The minimum Gasteiger partial charge on any atom is -0.397 e. The minimum atomic E-state index is 0.250. The van der Waals surface area contributed by atoms with Crippen molar-refractivity contribution in [3.05, 3.63) is 86.0 Å². The van der Waals surface area contributed by atoms with Crippen molar-refractivity contribution in [2.45, 2.75) is 104 Å². The quantitative estimate of drug-likeness (QED) is 0.394. The van der Waals surface area contributed by atoms with E-state index in [4.69, 9.17) is 5.11 Å². The van der Waals surface area contributed by atoms with Gasteiger partial charge in [-0.05, 0) is 144 Å². The summed E-state index contributed by atoms with van der Waals surface area (Å²) < 4.78 is 0. The van der Waals surface area contributed by atoms with Crippen LogP contribution in [0.2, 0.25) is 0 Å². The van der Waals surface area contributed by atoms with E-state index >= 15 is 0 Å². The Morgan fingerprint density at radius 1 is 0.472 bits per heavy atom. The lowest BCUT2D eigenvalue weighted by Crippen LogP contribution is -2.18. The second kappa shape index (κ2) is 15.5. The first-order valence-electron chi connectivity index (χ1n) is 13.6. The Morgan fingerprint density at radius 2 is 0.694 bits per heavy atom. The second-order valence-corrected chi connectivity index (χ2v) is 8.93. The Hall–Kier alpha value is -2.58. The van der Waals surface area contributed by atoms with Crippen molar-refractivity contribution >= 4 is 17.1 Å². The van der Waals surface area contributed by atoms with E-state index in [9.17, 15) is 0 Å². The molecule has 0 fully saturated rings. The third-order valence-corrected chi connectivity index (χ3v) is 7.38. The van der Waals surface area contributed by atoms with Crippen LogP contribution in [0.5, 0.6) is 0 Å². The first kappa shape index (κ1) is 33.4. The van der Waals surface area contributed by atoms with E-state index in [0.717, 1.165) is 0 Å². The molecule has 0 amide bonds. The lowest BCUT2D eigenvalue weighted by molar-refractivity contribution is 0.318. The van der Waals surface area contributed by atoms with Crippen molar-refractivity contribution < 1.29 is 5.11 Å². The molecule has 1 N–H and O–H groups in total. The van der Waals surface area contributed by atoms with Crippen molar-refractivity contribution in [1.82, 2.24) is 0 Å². The van der Waals surface area contributed by atoms with Crippen LogP contribution in [0, 0.1) is 69.2 Å². The van der Waals surface area contributed by atoms with Crippen LogP contribution >= 0.6 is 0 Å². The molecule has 0 unspecified atom stereocenters. The Kier molecular flexibility index (Phi) is 14.4. The molecule has 0 aliphatic rings. The maximum Gasteiger partial charge on any atom is 0.0525 e. The third kappa shape index (κ3) is 6.79. The Bertz CT molecular complexity index is 983. The standard InChI is InChI=1S/C28H35N.C2H6O.2C2H6/c1-16-18(3)22(7)27(23(8)19(16)4)29(26-14-12-11-13-15-26)28-24(9)20(5)17(2)21(6)25(28)10;1-2-3;2*1-2/h11-15H,1-10H3;3H,2H2,1H3;2*1-2H3. The molecule has 0 spiro atoms. The number of nitrogens with zero attached hydrogens (tertiary/aromatic N) is 1. The minimum absolute atomic E-state index is 0.250. The number of anilines is 3. The Labute approximate surface area is 223 Å². The summed E-state index contributed by atoms with van der Waals surface area (Å²) in [6, 6.07) is 10.8. The molecule has 0 aromatic heterocycles. The number of aliphatic hydroxyl groups excluding tert-OH is 1. The van der Waals surface area contributed by atoms with Crippen LogP contribution in [0.25, 0.3) is 0 Å². The fourth-order valence-electron chi connectivity index (χ4n) is 4.58. The molecule has 0 atom stereocenters. The summed E-state index contributed by atoms with van der Waals surface area (Å²) in [5, 5.41) is 7.57. The average Bonchev–Trinajstić information content (AvgIpc) is 2.91. The predicted octanol–water partition coefficient (Wildman–Crippen LogP) is 10.3. The van der Waals surface area contributed by atoms with E-state index in [1.54, 1.807) is 6.92 Å². The zero-order valence-corrected chi connectivity index (χ0v) is 26.0. The van der Waals surface area contributed by atoms with E-state index in [1.165, 1.54) is 72.7 Å². The van der Waals surface area contributed by atoms with Gasteiger partial charge in [-0.2, -0.15) is 0 Å². The van der Waals surface area contributed by atoms with Crippen molar-refractivity contribution in [2.24, 2.45) is 0 Å². The van der Waals surface area contributed by atoms with E-state index < -0.39 is 0 Å². The zero-order valence-electron chi connectivity index (χ0n) is 26.0. The maximum absolute atomic E-state index is 7.57. The number of hydrogen-bond acceptors (Lipinski definition) is 2. The highest BCUT2D eigenvalue weighted by Crippen LogP contribution is 2.46. The lowest BCUT2D eigenvalue weighted by atomic mass is 9.89. The molecule has 200 valence electrons. The molecule has 0 saturated heterocycles. The van der Waals surface area contributed by atoms with E-state index in [1.807, 2.05) is 27.7 Å². The predicted molar refractivity (Wildman–Crippen MR) is 164 cm³/mol. The molecular formula is C34H53NO. The van der Waals surface area contributed by atoms with Gasteiger partial charge in [0.2, 0.25) is 0 Å². The number of aliphatic hydroxyl groups is 1. The van der Waals surface area contributed by atoms with Crippen molar-refractivity contribution in [1.29, 1.82) is 0 Å². The molecule has 0 radical (unpaired) electrons. The van der Waals surface area contributed by atoms with E-state index in [2.05, 4.69) is 104 Å². The van der Waals surface area contributed by atoms with Gasteiger partial charge in [0.25, 0.3) is 0 Å². The van der Waals surface area contributed by atoms with Gasteiger partial charge in [-0.1, -0.05) is 45.9 Å². The summed E-state index contributed by atoms with van der Waals surface area (Å²) in [5.74, 6) is 0. The number of rotatable bonds is 3. The molecule has 2 nitrogen and oxygen atoms in total. The van der Waals surface area contributed by atoms with Gasteiger partial charge in [0.15, 0.2) is 0 Å². The van der Waals surface area contributed by atoms with E-state index in [-0.39, 0.29) is 6.61 Å². The molecule has 3 aromatic rings. The molecule has 3 rings (SSSR count). The summed E-state index contributed by atoms with van der Waals surface area (Å²) in [7, 11) is 0. The highest BCUT2D eigenvalue weighted by atomic mass is 16.2. The monoisotopic (exact) mass is 491 g/mol. The van der Waals surface area contributed by atoms with Crippen molar-refractivity contribution in [2.75, 3.05) is 11.5 Å². The second-order valence-electron chi connectivity index (χ2n) is 8.93. The molecule has 0 heterocycles. The third-order valence-electron chi connectivity index (χ3n) is 7.38. The number of benzene rings is 3. The summed E-state index contributed by atoms with van der Waals surface area (Å²) >= 11 is 0. The van der Waals surface area contributed by atoms with Crippen LogP contribution in [-0.2, 0) is 0 Å². The normalized spacial score (nSPS) is 9.78. The van der Waals surface area contributed by atoms with Crippen LogP contribution in [0.4, 0.5) is 17.1 Å². The number of hydrogen-bond donors (Lipinski definition) is 1. The summed E-state index contributed by atoms with van der Waals surface area (Å²) in [4.78, 5) is 2.51. The van der Waals surface area contributed by atoms with Gasteiger partial charge in [0.1, 0.15) is 0 Å². The maximum atomic E-state index is 7.57. The molecule has 3 aromatic carbocycles. The highest BCUT2D eigenvalue weighted by molar-refractivity contribution is 5.86. The van der Waals surface area contributed by atoms with Gasteiger partial charge < -0.3 is 10.0 Å². The number of para-hydroxylation sites is 1. The van der Waals surface area contributed by atoms with Gasteiger partial charge in [-0.25, -0.2) is 0 Å². The molecule has 0 saturated carbocycles. The Morgan fingerprint density at radius 3 is 0.944 bits per heavy atom. The first-order valence-corrected chi connectivity index (χ1v) is 13.6. The van der Waals surface area contributed by atoms with Crippen LogP contribution in [0.1, 0.15) is 90.3 Å². The largest absolute Gasteiger partial charge is 0.397 e. The van der Waals surface area contributed by atoms with Gasteiger partial charge in [0.05, 0.1) is 11.4 Å². The lowest BCUT2D eigenvalue weighted by Gasteiger charge is -2.34. The van der Waals surface area contributed by atoms with Gasteiger partial charge in [-0.3, -0.25) is 0 Å². The topological polar surface area (TPSA) is 23.5 Å². The SMILES string of the molecule is CC.CC.CCO.Cc1c(C)c(C)c(N(c2ccccc2)c2c(C)c(C)c(C)c(C)c2C)c(C)c1C. The Balaban J connectivity index is 0.00000159. The van der Waals surface area contributed by atoms with Crippen LogP contribution in [-0.4, -0.2) is 11.7 Å². The average molecular weight is 492 g/mol.